The maximum atomic E-state index is 12.7. The van der Waals surface area contributed by atoms with E-state index in [1.165, 1.54) is 4.57 Å². The summed E-state index contributed by atoms with van der Waals surface area (Å²) < 4.78 is 4.83. The average Bonchev–Trinajstić information content (AvgIpc) is 2.87. The van der Waals surface area contributed by atoms with Crippen LogP contribution in [-0.2, 0) is 26.1 Å². The molecule has 0 unspecified atom stereocenters. The van der Waals surface area contributed by atoms with Crippen molar-refractivity contribution in [1.29, 1.82) is 0 Å². The van der Waals surface area contributed by atoms with Crippen LogP contribution in [0.25, 0.3) is 11.2 Å². The van der Waals surface area contributed by atoms with Crippen molar-refractivity contribution in [2.24, 2.45) is 5.73 Å². The zero-order valence-electron chi connectivity index (χ0n) is 13.6. The van der Waals surface area contributed by atoms with Crippen LogP contribution in [0.1, 0.15) is 39.4 Å². The summed E-state index contributed by atoms with van der Waals surface area (Å²) in [7, 11) is 0. The summed E-state index contributed by atoms with van der Waals surface area (Å²) in [6.07, 6.45) is 2.52. The van der Waals surface area contributed by atoms with Crippen LogP contribution < -0.4 is 17.0 Å². The van der Waals surface area contributed by atoms with Crippen molar-refractivity contribution in [3.8, 4) is 0 Å². The van der Waals surface area contributed by atoms with Gasteiger partial charge in [0, 0.05) is 26.1 Å². The Balaban J connectivity index is 2.78. The summed E-state index contributed by atoms with van der Waals surface area (Å²) >= 11 is 0. The molecular formula is C15H25N5O2. The number of aromatic nitrogens is 4. The van der Waals surface area contributed by atoms with Gasteiger partial charge in [0.2, 0.25) is 0 Å². The minimum absolute atomic E-state index is 0.243. The normalized spacial score (nSPS) is 11.5. The van der Waals surface area contributed by atoms with Crippen LogP contribution in [0.3, 0.4) is 0 Å². The van der Waals surface area contributed by atoms with Crippen molar-refractivity contribution in [2.75, 3.05) is 6.54 Å². The number of nitrogens with zero attached hydrogens (tertiary/aromatic N) is 4. The molecule has 2 rings (SSSR count). The zero-order chi connectivity index (χ0) is 16.3. The van der Waals surface area contributed by atoms with Crippen molar-refractivity contribution in [3.63, 3.8) is 0 Å². The van der Waals surface area contributed by atoms with E-state index in [9.17, 15) is 9.59 Å². The Morgan fingerprint density at radius 1 is 1.00 bits per heavy atom. The number of unbranched alkanes of at least 4 members (excludes halogenated alkanes) is 1. The fraction of sp³-hybridized carbons (Fsp3) is 0.667. The van der Waals surface area contributed by atoms with Gasteiger partial charge in [0.1, 0.15) is 5.82 Å². The molecule has 0 fully saturated rings. The van der Waals surface area contributed by atoms with E-state index in [2.05, 4.69) is 4.98 Å². The number of rotatable bonds is 7. The lowest BCUT2D eigenvalue weighted by Gasteiger charge is -2.10. The number of hydrogen-bond acceptors (Lipinski definition) is 4. The minimum Gasteiger partial charge on any atom is -0.330 e. The summed E-state index contributed by atoms with van der Waals surface area (Å²) in [6.45, 7) is 7.91. The Bertz CT molecular complexity index is 769. The topological polar surface area (TPSA) is 87.8 Å². The molecule has 0 aliphatic heterocycles. The fourth-order valence-corrected chi connectivity index (χ4v) is 2.82. The highest BCUT2D eigenvalue weighted by Gasteiger charge is 2.19. The molecule has 122 valence electrons. The zero-order valence-corrected chi connectivity index (χ0v) is 13.6. The molecule has 0 bridgehead atoms. The van der Waals surface area contributed by atoms with Crippen molar-refractivity contribution >= 4 is 11.2 Å². The van der Waals surface area contributed by atoms with Gasteiger partial charge in [0.25, 0.3) is 5.56 Å². The van der Waals surface area contributed by atoms with E-state index >= 15 is 0 Å². The number of aryl methyl sites for hydroxylation is 3. The highest BCUT2D eigenvalue weighted by molar-refractivity contribution is 5.71. The van der Waals surface area contributed by atoms with Crippen LogP contribution in [0.2, 0.25) is 0 Å². The summed E-state index contributed by atoms with van der Waals surface area (Å²) in [5.74, 6) is 0.847. The van der Waals surface area contributed by atoms with E-state index < -0.39 is 0 Å². The van der Waals surface area contributed by atoms with Gasteiger partial charge in [0.05, 0.1) is 0 Å². The molecule has 2 aromatic heterocycles. The molecule has 2 aromatic rings. The Morgan fingerprint density at radius 3 is 2.23 bits per heavy atom. The molecule has 2 heterocycles. The third kappa shape index (κ3) is 2.61. The average molecular weight is 307 g/mol. The first-order valence-electron chi connectivity index (χ1n) is 8.03. The Labute approximate surface area is 129 Å². The van der Waals surface area contributed by atoms with Crippen molar-refractivity contribution in [3.05, 3.63) is 26.7 Å². The number of imidazole rings is 1. The van der Waals surface area contributed by atoms with Crippen molar-refractivity contribution in [1.82, 2.24) is 18.7 Å². The molecule has 7 nitrogen and oxygen atoms in total. The first kappa shape index (κ1) is 16.5. The van der Waals surface area contributed by atoms with E-state index in [4.69, 9.17) is 5.73 Å². The van der Waals surface area contributed by atoms with Gasteiger partial charge in [-0.15, -0.1) is 0 Å². The molecule has 0 saturated carbocycles. The summed E-state index contributed by atoms with van der Waals surface area (Å²) in [5, 5.41) is 0. The highest BCUT2D eigenvalue weighted by Crippen LogP contribution is 2.13. The van der Waals surface area contributed by atoms with Gasteiger partial charge >= 0.3 is 5.69 Å². The van der Waals surface area contributed by atoms with Gasteiger partial charge in [-0.25, -0.2) is 9.78 Å². The van der Waals surface area contributed by atoms with Crippen LogP contribution in [0.4, 0.5) is 0 Å². The van der Waals surface area contributed by atoms with Crippen LogP contribution in [0.5, 0.6) is 0 Å². The summed E-state index contributed by atoms with van der Waals surface area (Å²) in [5.41, 5.74) is 6.08. The Morgan fingerprint density at radius 2 is 1.68 bits per heavy atom. The fourth-order valence-electron chi connectivity index (χ4n) is 2.82. The first-order valence-corrected chi connectivity index (χ1v) is 8.03. The van der Waals surface area contributed by atoms with Gasteiger partial charge in [-0.1, -0.05) is 6.92 Å². The monoisotopic (exact) mass is 307 g/mol. The van der Waals surface area contributed by atoms with Gasteiger partial charge in [-0.05, 0) is 33.2 Å². The SMILES string of the molecule is CCc1nc2c(c(=O)n(CC)c(=O)n2CC)n1CCCCN. The molecule has 22 heavy (non-hydrogen) atoms. The maximum absolute atomic E-state index is 12.7. The molecule has 0 aliphatic carbocycles. The van der Waals surface area contributed by atoms with Gasteiger partial charge in [0.15, 0.2) is 11.2 Å². The highest BCUT2D eigenvalue weighted by atomic mass is 16.2. The van der Waals surface area contributed by atoms with Crippen LogP contribution in [0.15, 0.2) is 9.59 Å². The Hall–Kier alpha value is -1.89. The van der Waals surface area contributed by atoms with Gasteiger partial charge < -0.3 is 10.3 Å². The molecule has 0 atom stereocenters. The molecule has 0 saturated heterocycles. The smallest absolute Gasteiger partial charge is 0.330 e. The lowest BCUT2D eigenvalue weighted by atomic mass is 10.3. The Kier molecular flexibility index (Phi) is 5.18. The second-order valence-corrected chi connectivity index (χ2v) is 5.28. The number of fused-ring (bicyclic) bond motifs is 1. The van der Waals surface area contributed by atoms with E-state index in [1.54, 1.807) is 4.57 Å². The molecule has 0 amide bonds. The van der Waals surface area contributed by atoms with Gasteiger partial charge in [-0.2, -0.15) is 0 Å². The lowest BCUT2D eigenvalue weighted by Crippen LogP contribution is -2.40. The molecule has 0 radical (unpaired) electrons. The first-order chi connectivity index (χ1) is 10.6. The molecule has 7 heteroatoms. The van der Waals surface area contributed by atoms with Gasteiger partial charge in [-0.3, -0.25) is 13.9 Å². The predicted octanol–water partition coefficient (Wildman–Crippen LogP) is 0.701. The number of nitrogens with two attached hydrogens (primary N) is 1. The second-order valence-electron chi connectivity index (χ2n) is 5.28. The third-order valence-electron chi connectivity index (χ3n) is 3.98. The second kappa shape index (κ2) is 6.91. The third-order valence-corrected chi connectivity index (χ3v) is 3.98. The largest absolute Gasteiger partial charge is 0.332 e. The number of hydrogen-bond donors (Lipinski definition) is 1. The molecular weight excluding hydrogens is 282 g/mol. The van der Waals surface area contributed by atoms with E-state index in [0.717, 1.165) is 25.1 Å². The molecule has 0 spiro atoms. The van der Waals surface area contributed by atoms with Crippen LogP contribution in [-0.4, -0.2) is 25.2 Å². The molecule has 0 aliphatic rings. The summed E-state index contributed by atoms with van der Waals surface area (Å²) in [4.78, 5) is 29.6. The predicted molar refractivity (Wildman–Crippen MR) is 87.3 cm³/mol. The van der Waals surface area contributed by atoms with Crippen molar-refractivity contribution < 1.29 is 0 Å². The lowest BCUT2D eigenvalue weighted by molar-refractivity contribution is 0.588. The standard InChI is InChI=1S/C15H25N5O2/c1-4-11-17-13-12(20(11)10-8-7-9-16)14(21)19(6-3)15(22)18(13)5-2/h4-10,16H2,1-3H3. The van der Waals surface area contributed by atoms with E-state index in [-0.39, 0.29) is 11.2 Å². The minimum atomic E-state index is -0.281. The van der Waals surface area contributed by atoms with E-state index in [1.807, 2.05) is 25.3 Å². The summed E-state index contributed by atoms with van der Waals surface area (Å²) in [6, 6.07) is 0. The van der Waals surface area contributed by atoms with Crippen LogP contribution in [0, 0.1) is 0 Å². The van der Waals surface area contributed by atoms with E-state index in [0.29, 0.717) is 37.3 Å². The van der Waals surface area contributed by atoms with Crippen LogP contribution >= 0.6 is 0 Å². The van der Waals surface area contributed by atoms with Crippen molar-refractivity contribution in [2.45, 2.75) is 59.7 Å². The maximum Gasteiger partial charge on any atom is 0.332 e. The molecule has 0 aromatic carbocycles. The molecule has 2 N–H and O–H groups in total. The quantitative estimate of drug-likeness (QED) is 0.763.